The van der Waals surface area contributed by atoms with Gasteiger partial charge in [0.2, 0.25) is 0 Å². The number of nitrogen functional groups attached to an aromatic ring is 2. The Balaban J connectivity index is 2.50. The van der Waals surface area contributed by atoms with Gasteiger partial charge in [0.15, 0.2) is 0 Å². The molecule has 5 heteroatoms. The van der Waals surface area contributed by atoms with Crippen LogP contribution in [0.3, 0.4) is 0 Å². The average molecular weight is 202 g/mol. The number of nitrogens with one attached hydrogen (secondary N) is 1. The first-order chi connectivity index (χ1) is 7.16. The molecule has 0 aliphatic carbocycles. The van der Waals surface area contributed by atoms with Crippen LogP contribution in [0, 0.1) is 0 Å². The second-order valence-corrected chi connectivity index (χ2v) is 3.14. The van der Waals surface area contributed by atoms with Crippen LogP contribution in [0.2, 0.25) is 0 Å². The monoisotopic (exact) mass is 202 g/mol. The molecule has 5 N–H and O–H groups in total. The summed E-state index contributed by atoms with van der Waals surface area (Å²) in [5.41, 5.74) is 12.1. The number of aromatic amines is 1. The van der Waals surface area contributed by atoms with Crippen molar-refractivity contribution in [3.8, 4) is 11.4 Å². The van der Waals surface area contributed by atoms with Gasteiger partial charge in [0.1, 0.15) is 11.5 Å². The third-order valence-corrected chi connectivity index (χ3v) is 2.01. The van der Waals surface area contributed by atoms with Gasteiger partial charge in [-0.1, -0.05) is 0 Å². The van der Waals surface area contributed by atoms with Gasteiger partial charge in [0.05, 0.1) is 6.20 Å². The second kappa shape index (κ2) is 3.45. The van der Waals surface area contributed by atoms with Crippen LogP contribution in [0.15, 0.2) is 35.3 Å². The molecule has 76 valence electrons. The van der Waals surface area contributed by atoms with Gasteiger partial charge < -0.3 is 16.5 Å². The molecule has 0 aliphatic rings. The largest absolute Gasteiger partial charge is 0.399 e. The van der Waals surface area contributed by atoms with E-state index in [9.17, 15) is 4.79 Å². The Kier molecular flexibility index (Phi) is 2.13. The van der Waals surface area contributed by atoms with Gasteiger partial charge in [-0.2, -0.15) is 0 Å². The molecule has 1 aromatic heterocycles. The normalized spacial score (nSPS) is 10.1. The minimum absolute atomic E-state index is 0.106. The molecule has 0 spiro atoms. The van der Waals surface area contributed by atoms with Crippen molar-refractivity contribution in [1.82, 2.24) is 9.97 Å². The smallest absolute Gasteiger partial charge is 0.274 e. The van der Waals surface area contributed by atoms with Crippen LogP contribution in [0.1, 0.15) is 0 Å². The zero-order valence-electron chi connectivity index (χ0n) is 7.90. The van der Waals surface area contributed by atoms with E-state index in [1.807, 2.05) is 0 Å². The molecule has 0 amide bonds. The van der Waals surface area contributed by atoms with Crippen LogP contribution in [0.5, 0.6) is 0 Å². The summed E-state index contributed by atoms with van der Waals surface area (Å²) in [5.74, 6) is 0.481. The molecule has 0 unspecified atom stereocenters. The van der Waals surface area contributed by atoms with Gasteiger partial charge in [-0.25, -0.2) is 4.98 Å². The van der Waals surface area contributed by atoms with Crippen molar-refractivity contribution in [2.24, 2.45) is 0 Å². The van der Waals surface area contributed by atoms with E-state index in [0.29, 0.717) is 11.5 Å². The topological polar surface area (TPSA) is 97.8 Å². The molecule has 0 saturated heterocycles. The van der Waals surface area contributed by atoms with E-state index in [4.69, 9.17) is 11.5 Å². The highest BCUT2D eigenvalue weighted by Gasteiger charge is 2.01. The summed E-state index contributed by atoms with van der Waals surface area (Å²) in [5, 5.41) is 0. The molecule has 0 bridgehead atoms. The number of nitrogens with zero attached hydrogens (tertiary/aromatic N) is 1. The summed E-state index contributed by atoms with van der Waals surface area (Å²) in [4.78, 5) is 17.8. The molecule has 2 rings (SSSR count). The standard InChI is InChI=1S/C10H10N4O/c11-7-3-1-6(2-4-7)9-13-5-8(12)10(15)14-9/h1-5H,11-12H2,(H,13,14,15). The minimum Gasteiger partial charge on any atom is -0.399 e. The first-order valence-corrected chi connectivity index (χ1v) is 4.37. The quantitative estimate of drug-likeness (QED) is 0.590. The Morgan fingerprint density at radius 2 is 1.80 bits per heavy atom. The lowest BCUT2D eigenvalue weighted by Crippen LogP contribution is -2.13. The van der Waals surface area contributed by atoms with Gasteiger partial charge in [-0.3, -0.25) is 4.79 Å². The summed E-state index contributed by atoms with van der Waals surface area (Å²) in [6.07, 6.45) is 1.34. The molecule has 5 nitrogen and oxygen atoms in total. The number of hydrogen-bond donors (Lipinski definition) is 3. The number of hydrogen-bond acceptors (Lipinski definition) is 4. The van der Waals surface area contributed by atoms with Crippen molar-refractivity contribution in [1.29, 1.82) is 0 Å². The van der Waals surface area contributed by atoms with E-state index in [-0.39, 0.29) is 11.2 Å². The average Bonchev–Trinajstić information content (AvgIpc) is 2.23. The van der Waals surface area contributed by atoms with E-state index in [1.54, 1.807) is 24.3 Å². The molecular formula is C10H10N4O. The van der Waals surface area contributed by atoms with Gasteiger partial charge in [0, 0.05) is 11.3 Å². The van der Waals surface area contributed by atoms with Crippen LogP contribution >= 0.6 is 0 Å². The summed E-state index contributed by atoms with van der Waals surface area (Å²) in [7, 11) is 0. The molecule has 0 fully saturated rings. The number of anilines is 2. The highest BCUT2D eigenvalue weighted by molar-refractivity contribution is 5.58. The van der Waals surface area contributed by atoms with Crippen molar-refractivity contribution < 1.29 is 0 Å². The zero-order chi connectivity index (χ0) is 10.8. The van der Waals surface area contributed by atoms with E-state index in [2.05, 4.69) is 9.97 Å². The number of rotatable bonds is 1. The summed E-state index contributed by atoms with van der Waals surface area (Å²) >= 11 is 0. The van der Waals surface area contributed by atoms with E-state index in [0.717, 1.165) is 5.56 Å². The SMILES string of the molecule is Nc1ccc(-c2ncc(N)c(=O)[nH]2)cc1. The van der Waals surface area contributed by atoms with Crippen molar-refractivity contribution >= 4 is 11.4 Å². The lowest BCUT2D eigenvalue weighted by Gasteiger charge is -2.01. The third kappa shape index (κ3) is 1.80. The maximum atomic E-state index is 11.2. The lowest BCUT2D eigenvalue weighted by molar-refractivity contribution is 1.13. The van der Waals surface area contributed by atoms with E-state index >= 15 is 0 Å². The Hall–Kier alpha value is -2.30. The number of aromatic nitrogens is 2. The number of benzene rings is 1. The first kappa shape index (κ1) is 9.26. The molecular weight excluding hydrogens is 192 g/mol. The maximum absolute atomic E-state index is 11.2. The molecule has 1 heterocycles. The number of nitrogens with two attached hydrogens (primary N) is 2. The molecule has 0 saturated carbocycles. The van der Waals surface area contributed by atoms with Crippen LogP contribution in [-0.4, -0.2) is 9.97 Å². The van der Waals surface area contributed by atoms with Crippen molar-refractivity contribution in [3.63, 3.8) is 0 Å². The molecule has 1 aromatic carbocycles. The predicted molar refractivity (Wildman–Crippen MR) is 59.1 cm³/mol. The first-order valence-electron chi connectivity index (χ1n) is 4.37. The summed E-state index contributed by atoms with van der Waals surface area (Å²) in [6.45, 7) is 0. The lowest BCUT2D eigenvalue weighted by atomic mass is 10.2. The van der Waals surface area contributed by atoms with Crippen molar-refractivity contribution in [2.75, 3.05) is 11.5 Å². The van der Waals surface area contributed by atoms with Gasteiger partial charge in [-0.05, 0) is 24.3 Å². The van der Waals surface area contributed by atoms with Crippen molar-refractivity contribution in [2.45, 2.75) is 0 Å². The third-order valence-electron chi connectivity index (χ3n) is 2.01. The summed E-state index contributed by atoms with van der Waals surface area (Å²) in [6, 6.07) is 7.05. The summed E-state index contributed by atoms with van der Waals surface area (Å²) < 4.78 is 0. The van der Waals surface area contributed by atoms with Gasteiger partial charge >= 0.3 is 0 Å². The van der Waals surface area contributed by atoms with Gasteiger partial charge in [-0.15, -0.1) is 0 Å². The zero-order valence-corrected chi connectivity index (χ0v) is 7.90. The highest BCUT2D eigenvalue weighted by atomic mass is 16.1. The molecule has 0 aliphatic heterocycles. The van der Waals surface area contributed by atoms with Crippen molar-refractivity contribution in [3.05, 3.63) is 40.8 Å². The van der Waals surface area contributed by atoms with Crippen LogP contribution in [0.4, 0.5) is 11.4 Å². The highest BCUT2D eigenvalue weighted by Crippen LogP contribution is 2.14. The Bertz CT molecular complexity index is 530. The van der Waals surface area contributed by atoms with E-state index in [1.165, 1.54) is 6.20 Å². The maximum Gasteiger partial charge on any atom is 0.274 e. The van der Waals surface area contributed by atoms with Crippen LogP contribution in [-0.2, 0) is 0 Å². The van der Waals surface area contributed by atoms with Crippen LogP contribution in [0.25, 0.3) is 11.4 Å². The fourth-order valence-corrected chi connectivity index (χ4v) is 1.19. The molecule has 0 atom stereocenters. The Morgan fingerprint density at radius 3 is 2.40 bits per heavy atom. The molecule has 15 heavy (non-hydrogen) atoms. The number of H-pyrrole nitrogens is 1. The Labute approximate surface area is 85.8 Å². The second-order valence-electron chi connectivity index (χ2n) is 3.14. The fourth-order valence-electron chi connectivity index (χ4n) is 1.19. The predicted octanol–water partition coefficient (Wildman–Crippen LogP) is 0.601. The fraction of sp³-hybridized carbons (Fsp3) is 0. The minimum atomic E-state index is -0.336. The molecule has 2 aromatic rings. The van der Waals surface area contributed by atoms with E-state index < -0.39 is 0 Å². The Morgan fingerprint density at radius 1 is 1.13 bits per heavy atom. The van der Waals surface area contributed by atoms with Gasteiger partial charge in [0.25, 0.3) is 5.56 Å². The van der Waals surface area contributed by atoms with Crippen LogP contribution < -0.4 is 17.0 Å². The molecule has 0 radical (unpaired) electrons.